The van der Waals surface area contributed by atoms with Crippen LogP contribution in [-0.4, -0.2) is 49.7 Å². The molecular formula is C19H33N3O2Si. The fourth-order valence-electron chi connectivity index (χ4n) is 2.83. The van der Waals surface area contributed by atoms with Crippen molar-refractivity contribution in [3.63, 3.8) is 0 Å². The number of carbonyl (C=O) groups is 1. The van der Waals surface area contributed by atoms with Crippen LogP contribution in [0.3, 0.4) is 0 Å². The molecule has 0 spiro atoms. The maximum absolute atomic E-state index is 12.3. The third kappa shape index (κ3) is 5.90. The smallest absolute Gasteiger partial charge is 0.192 e. The van der Waals surface area contributed by atoms with Gasteiger partial charge in [-0.3, -0.25) is 14.7 Å². The molecule has 1 aromatic heterocycles. The van der Waals surface area contributed by atoms with Crippen molar-refractivity contribution < 1.29 is 9.22 Å². The molecule has 1 aliphatic heterocycles. The number of likely N-dealkylation sites (tertiary alicyclic amines) is 1. The Morgan fingerprint density at radius 1 is 1.32 bits per heavy atom. The number of aromatic nitrogens is 1. The number of piperidine rings is 1. The molecular weight excluding hydrogens is 330 g/mol. The summed E-state index contributed by atoms with van der Waals surface area (Å²) in [4.78, 5) is 18.7. The molecule has 0 amide bonds. The van der Waals surface area contributed by atoms with Gasteiger partial charge in [0, 0.05) is 24.9 Å². The number of pyridine rings is 1. The van der Waals surface area contributed by atoms with E-state index < -0.39 is 8.32 Å². The van der Waals surface area contributed by atoms with Crippen molar-refractivity contribution in [1.82, 2.24) is 9.88 Å². The summed E-state index contributed by atoms with van der Waals surface area (Å²) < 4.78 is 6.51. The van der Waals surface area contributed by atoms with Crippen LogP contribution in [0.25, 0.3) is 0 Å². The average Bonchev–Trinajstić information content (AvgIpc) is 2.50. The number of Topliss-reactive ketones (excluding diaryl/α,β-unsaturated/α-hetero) is 1. The Balaban J connectivity index is 1.76. The van der Waals surface area contributed by atoms with Gasteiger partial charge in [0.05, 0.1) is 24.8 Å². The summed E-state index contributed by atoms with van der Waals surface area (Å²) in [7, 11) is -1.71. The van der Waals surface area contributed by atoms with Gasteiger partial charge < -0.3 is 10.2 Å². The minimum atomic E-state index is -1.71. The van der Waals surface area contributed by atoms with Gasteiger partial charge in [-0.1, -0.05) is 20.8 Å². The first-order chi connectivity index (χ1) is 11.6. The van der Waals surface area contributed by atoms with Gasteiger partial charge in [-0.2, -0.15) is 0 Å². The highest BCUT2D eigenvalue weighted by Crippen LogP contribution is 2.38. The summed E-state index contributed by atoms with van der Waals surface area (Å²) in [5.74, 6) is 0.209. The molecule has 6 heteroatoms. The van der Waals surface area contributed by atoms with Gasteiger partial charge in [-0.25, -0.2) is 0 Å². The number of anilines is 1. The lowest BCUT2D eigenvalue weighted by atomic mass is 10.1. The van der Waals surface area contributed by atoms with Gasteiger partial charge in [0.25, 0.3) is 0 Å². The lowest BCUT2D eigenvalue weighted by molar-refractivity contribution is -0.120. The van der Waals surface area contributed by atoms with E-state index in [1.54, 1.807) is 12.3 Å². The summed E-state index contributed by atoms with van der Waals surface area (Å²) in [6.45, 7) is 13.8. The molecule has 25 heavy (non-hydrogen) atoms. The fraction of sp³-hybridized carbons (Fsp3) is 0.684. The third-order valence-corrected chi connectivity index (χ3v) is 9.96. The first-order valence-corrected chi connectivity index (χ1v) is 12.1. The molecule has 1 saturated heterocycles. The van der Waals surface area contributed by atoms with Gasteiger partial charge in [0.1, 0.15) is 0 Å². The molecule has 1 aromatic rings. The van der Waals surface area contributed by atoms with E-state index in [4.69, 9.17) is 10.2 Å². The van der Waals surface area contributed by atoms with Crippen LogP contribution in [0, 0.1) is 0 Å². The molecule has 0 unspecified atom stereocenters. The molecule has 0 radical (unpaired) electrons. The third-order valence-electron chi connectivity index (χ3n) is 5.43. The Bertz CT molecular complexity index is 573. The minimum Gasteiger partial charge on any atom is -0.414 e. The topological polar surface area (TPSA) is 68.5 Å². The second-order valence-electron chi connectivity index (χ2n) is 8.65. The van der Waals surface area contributed by atoms with Crippen LogP contribution in [0.15, 0.2) is 18.3 Å². The Kier molecular flexibility index (Phi) is 6.40. The van der Waals surface area contributed by atoms with Gasteiger partial charge in [-0.15, -0.1) is 0 Å². The minimum absolute atomic E-state index is 0.209. The fourth-order valence-corrected chi connectivity index (χ4v) is 4.25. The highest BCUT2D eigenvalue weighted by Gasteiger charge is 2.39. The zero-order valence-corrected chi connectivity index (χ0v) is 17.3. The summed E-state index contributed by atoms with van der Waals surface area (Å²) in [6.07, 6.45) is 4.35. The Morgan fingerprint density at radius 2 is 1.96 bits per heavy atom. The Labute approximate surface area is 153 Å². The molecule has 0 saturated carbocycles. The van der Waals surface area contributed by atoms with E-state index in [1.165, 1.54) is 0 Å². The van der Waals surface area contributed by atoms with Crippen molar-refractivity contribution in [2.45, 2.75) is 64.3 Å². The van der Waals surface area contributed by atoms with Crippen LogP contribution in [0.2, 0.25) is 18.1 Å². The first-order valence-electron chi connectivity index (χ1n) is 9.19. The Hall–Kier alpha value is -1.24. The molecule has 0 bridgehead atoms. The van der Waals surface area contributed by atoms with Crippen LogP contribution in [0.1, 0.15) is 39.3 Å². The Morgan fingerprint density at radius 3 is 2.48 bits per heavy atom. The van der Waals surface area contributed by atoms with Crippen molar-refractivity contribution in [2.24, 2.45) is 0 Å². The van der Waals surface area contributed by atoms with Crippen LogP contribution in [0.4, 0.5) is 5.69 Å². The monoisotopic (exact) mass is 363 g/mol. The SMILES string of the molecule is CC(C)(C)[Si](C)(C)OC1CCN(CC(=O)Cc2ccc(N)cn2)CC1. The number of nitrogens with zero attached hydrogens (tertiary/aromatic N) is 2. The lowest BCUT2D eigenvalue weighted by Gasteiger charge is -2.41. The van der Waals surface area contributed by atoms with Gasteiger partial charge in [0.2, 0.25) is 0 Å². The van der Waals surface area contributed by atoms with E-state index in [0.717, 1.165) is 31.6 Å². The largest absolute Gasteiger partial charge is 0.414 e. The van der Waals surface area contributed by atoms with Gasteiger partial charge in [0.15, 0.2) is 14.1 Å². The zero-order valence-electron chi connectivity index (χ0n) is 16.3. The number of nitrogens with two attached hydrogens (primary N) is 1. The number of hydrogen-bond donors (Lipinski definition) is 1. The zero-order chi connectivity index (χ0) is 18.7. The van der Waals surface area contributed by atoms with Crippen LogP contribution >= 0.6 is 0 Å². The molecule has 2 rings (SSSR count). The maximum Gasteiger partial charge on any atom is 0.192 e. The van der Waals surface area contributed by atoms with Crippen LogP contribution in [-0.2, 0) is 15.6 Å². The first kappa shape index (κ1) is 20.1. The number of hydrogen-bond acceptors (Lipinski definition) is 5. The molecule has 140 valence electrons. The van der Waals surface area contributed by atoms with Crippen LogP contribution in [0.5, 0.6) is 0 Å². The predicted molar refractivity (Wildman–Crippen MR) is 105 cm³/mol. The normalized spacial score (nSPS) is 17.6. The van der Waals surface area contributed by atoms with E-state index in [0.29, 0.717) is 24.8 Å². The predicted octanol–water partition coefficient (Wildman–Crippen LogP) is 3.26. The van der Waals surface area contributed by atoms with Crippen molar-refractivity contribution in [3.05, 3.63) is 24.0 Å². The number of nitrogen functional groups attached to an aromatic ring is 1. The quantitative estimate of drug-likeness (QED) is 0.786. The molecule has 2 N–H and O–H groups in total. The lowest BCUT2D eigenvalue weighted by Crippen LogP contribution is -2.48. The number of carbonyl (C=O) groups excluding carboxylic acids is 1. The van der Waals surface area contributed by atoms with Crippen molar-refractivity contribution in [1.29, 1.82) is 0 Å². The van der Waals surface area contributed by atoms with E-state index in [-0.39, 0.29) is 10.8 Å². The second-order valence-corrected chi connectivity index (χ2v) is 13.4. The molecule has 2 heterocycles. The van der Waals surface area contributed by atoms with Crippen LogP contribution < -0.4 is 5.73 Å². The van der Waals surface area contributed by atoms with Gasteiger partial charge >= 0.3 is 0 Å². The number of ketones is 1. The van der Waals surface area contributed by atoms with Crippen molar-refractivity contribution in [3.8, 4) is 0 Å². The number of rotatable bonds is 6. The molecule has 0 aromatic carbocycles. The second kappa shape index (κ2) is 7.97. The molecule has 5 nitrogen and oxygen atoms in total. The molecule has 0 atom stereocenters. The van der Waals surface area contributed by atoms with Gasteiger partial charge in [-0.05, 0) is 43.1 Å². The molecule has 0 aliphatic carbocycles. The van der Waals surface area contributed by atoms with E-state index in [9.17, 15) is 4.79 Å². The van der Waals surface area contributed by atoms with E-state index in [1.807, 2.05) is 6.07 Å². The maximum atomic E-state index is 12.3. The highest BCUT2D eigenvalue weighted by atomic mass is 28.4. The highest BCUT2D eigenvalue weighted by molar-refractivity contribution is 6.74. The average molecular weight is 364 g/mol. The van der Waals surface area contributed by atoms with Crippen molar-refractivity contribution >= 4 is 19.8 Å². The van der Waals surface area contributed by atoms with Crippen molar-refractivity contribution in [2.75, 3.05) is 25.4 Å². The molecule has 1 aliphatic rings. The van der Waals surface area contributed by atoms with E-state index >= 15 is 0 Å². The molecule has 1 fully saturated rings. The van der Waals surface area contributed by atoms with E-state index in [2.05, 4.69) is 43.7 Å². The summed E-state index contributed by atoms with van der Waals surface area (Å²) >= 11 is 0. The summed E-state index contributed by atoms with van der Waals surface area (Å²) in [6, 6.07) is 3.62. The summed E-state index contributed by atoms with van der Waals surface area (Å²) in [5.41, 5.74) is 7.04. The summed E-state index contributed by atoms with van der Waals surface area (Å²) in [5, 5.41) is 0.242. The standard InChI is InChI=1S/C19H33N3O2Si/c1-19(2,3)25(4,5)24-18-8-10-22(11-9-18)14-17(23)12-16-7-6-15(20)13-21-16/h6-7,13,18H,8-12,14,20H2,1-5H3.